The first kappa shape index (κ1) is 17.9. The van der Waals surface area contributed by atoms with Gasteiger partial charge in [0.05, 0.1) is 0 Å². The van der Waals surface area contributed by atoms with Crippen LogP contribution in [0.4, 0.5) is 0 Å². The molecule has 0 aromatic heterocycles. The Morgan fingerprint density at radius 2 is 1.78 bits per heavy atom. The van der Waals surface area contributed by atoms with Gasteiger partial charge in [-0.15, -0.1) is 0 Å². The third kappa shape index (κ3) is 3.58. The van der Waals surface area contributed by atoms with Gasteiger partial charge >= 0.3 is 8.25 Å². The number of hydrogen-bond donors (Lipinski definition) is 1. The standard InChI is InChI=1S/C19H25O3P/c1-5-16-9-7-8-10-18(16)19(6-2,22-23(20)21)17-12-11-14(3)15(4)13-17/h7-13,23H,5-6H2,1-4H3,(H,20,21). The second-order valence-corrected chi connectivity index (χ2v) is 6.59. The van der Waals surface area contributed by atoms with Gasteiger partial charge in [0.15, 0.2) is 0 Å². The van der Waals surface area contributed by atoms with Crippen LogP contribution < -0.4 is 0 Å². The molecule has 3 nitrogen and oxygen atoms in total. The molecule has 124 valence electrons. The maximum Gasteiger partial charge on any atom is 0.317 e. The highest BCUT2D eigenvalue weighted by atomic mass is 31.1. The molecule has 0 bridgehead atoms. The van der Waals surface area contributed by atoms with Crippen molar-refractivity contribution < 1.29 is 14.0 Å². The minimum absolute atomic E-state index is 0.587. The Balaban J connectivity index is 2.73. The molecule has 23 heavy (non-hydrogen) atoms. The Hall–Kier alpha value is -1.41. The molecule has 0 fully saturated rings. The van der Waals surface area contributed by atoms with Crippen LogP contribution in [-0.4, -0.2) is 4.89 Å². The lowest BCUT2D eigenvalue weighted by molar-refractivity contribution is 0.0990. The lowest BCUT2D eigenvalue weighted by Gasteiger charge is -2.34. The van der Waals surface area contributed by atoms with E-state index in [4.69, 9.17) is 4.52 Å². The third-order valence-corrected chi connectivity index (χ3v) is 5.09. The second kappa shape index (κ2) is 7.44. The van der Waals surface area contributed by atoms with Gasteiger partial charge in [0.25, 0.3) is 0 Å². The monoisotopic (exact) mass is 332 g/mol. The van der Waals surface area contributed by atoms with Gasteiger partial charge in [-0.3, -0.25) is 9.09 Å². The van der Waals surface area contributed by atoms with Crippen LogP contribution in [0, 0.1) is 13.8 Å². The van der Waals surface area contributed by atoms with Gasteiger partial charge < -0.3 is 4.89 Å². The number of aryl methyl sites for hydroxylation is 3. The first-order valence-corrected chi connectivity index (χ1v) is 9.29. The zero-order valence-corrected chi connectivity index (χ0v) is 15.2. The molecule has 0 saturated heterocycles. The van der Waals surface area contributed by atoms with Crippen LogP contribution in [0.5, 0.6) is 0 Å². The molecular weight excluding hydrogens is 307 g/mol. The minimum Gasteiger partial charge on any atom is -0.326 e. The number of rotatable bonds is 6. The van der Waals surface area contributed by atoms with E-state index in [2.05, 4.69) is 26.0 Å². The largest absolute Gasteiger partial charge is 0.326 e. The van der Waals surface area contributed by atoms with E-state index < -0.39 is 13.9 Å². The van der Waals surface area contributed by atoms with E-state index in [1.165, 1.54) is 5.56 Å². The lowest BCUT2D eigenvalue weighted by atomic mass is 9.80. The van der Waals surface area contributed by atoms with E-state index in [0.29, 0.717) is 6.42 Å². The van der Waals surface area contributed by atoms with E-state index >= 15 is 0 Å². The van der Waals surface area contributed by atoms with Gasteiger partial charge in [-0.2, -0.15) is 0 Å². The first-order valence-electron chi connectivity index (χ1n) is 8.02. The van der Waals surface area contributed by atoms with Crippen molar-refractivity contribution in [3.05, 3.63) is 70.3 Å². The smallest absolute Gasteiger partial charge is 0.317 e. The summed E-state index contributed by atoms with van der Waals surface area (Å²) in [7, 11) is -3.09. The van der Waals surface area contributed by atoms with Crippen LogP contribution in [0.25, 0.3) is 0 Å². The summed E-state index contributed by atoms with van der Waals surface area (Å²) in [5, 5.41) is 0. The molecule has 0 aliphatic carbocycles. The lowest BCUT2D eigenvalue weighted by Crippen LogP contribution is -2.30. The van der Waals surface area contributed by atoms with E-state index in [0.717, 1.165) is 28.7 Å². The minimum atomic E-state index is -3.09. The fourth-order valence-electron chi connectivity index (χ4n) is 3.10. The quantitative estimate of drug-likeness (QED) is 0.764. The Morgan fingerprint density at radius 1 is 1.09 bits per heavy atom. The Kier molecular flexibility index (Phi) is 5.80. The molecule has 2 rings (SSSR count). The normalized spacial score (nSPS) is 15.2. The van der Waals surface area contributed by atoms with Crippen molar-refractivity contribution in [3.63, 3.8) is 0 Å². The zero-order chi connectivity index (χ0) is 17.0. The summed E-state index contributed by atoms with van der Waals surface area (Å²) in [6.07, 6.45) is 1.43. The molecule has 0 spiro atoms. The molecule has 0 saturated carbocycles. The van der Waals surface area contributed by atoms with Gasteiger partial charge in [0, 0.05) is 0 Å². The van der Waals surface area contributed by atoms with Crippen LogP contribution in [-0.2, 0) is 21.1 Å². The second-order valence-electron chi connectivity index (χ2n) is 5.86. The average Bonchev–Trinajstić information content (AvgIpc) is 2.55. The van der Waals surface area contributed by atoms with Crippen molar-refractivity contribution in [2.24, 2.45) is 0 Å². The molecule has 1 N–H and O–H groups in total. The summed E-state index contributed by atoms with van der Waals surface area (Å²) >= 11 is 0. The van der Waals surface area contributed by atoms with Crippen LogP contribution >= 0.6 is 8.25 Å². The molecule has 2 aromatic rings. The van der Waals surface area contributed by atoms with Crippen LogP contribution in [0.15, 0.2) is 42.5 Å². The summed E-state index contributed by atoms with van der Waals surface area (Å²) in [5.74, 6) is 0. The Bertz CT molecular complexity index is 712. The highest BCUT2D eigenvalue weighted by Gasteiger charge is 2.37. The van der Waals surface area contributed by atoms with Crippen LogP contribution in [0.3, 0.4) is 0 Å². The van der Waals surface area contributed by atoms with Crippen molar-refractivity contribution >= 4 is 8.25 Å². The van der Waals surface area contributed by atoms with Crippen molar-refractivity contribution in [1.82, 2.24) is 0 Å². The molecule has 0 heterocycles. The highest BCUT2D eigenvalue weighted by Crippen LogP contribution is 2.44. The van der Waals surface area contributed by atoms with E-state index in [1.54, 1.807) is 0 Å². The van der Waals surface area contributed by atoms with Gasteiger partial charge in [-0.25, -0.2) is 0 Å². The summed E-state index contributed by atoms with van der Waals surface area (Å²) < 4.78 is 17.3. The summed E-state index contributed by atoms with van der Waals surface area (Å²) in [4.78, 5) is 9.55. The molecule has 0 aliphatic heterocycles. The molecule has 0 amide bonds. The van der Waals surface area contributed by atoms with Gasteiger partial charge in [-0.05, 0) is 54.5 Å². The molecular formula is C19H25O3P. The first-order chi connectivity index (χ1) is 10.9. The summed E-state index contributed by atoms with van der Waals surface area (Å²) in [5.41, 5.74) is 4.48. The fourth-order valence-corrected chi connectivity index (χ4v) is 3.77. The predicted octanol–water partition coefficient (Wildman–Crippen LogP) is 4.92. The third-order valence-electron chi connectivity index (χ3n) is 4.57. The number of hydrogen-bond acceptors (Lipinski definition) is 2. The maximum atomic E-state index is 11.6. The van der Waals surface area contributed by atoms with Crippen LogP contribution in [0.1, 0.15) is 48.1 Å². The van der Waals surface area contributed by atoms with Crippen molar-refractivity contribution in [1.29, 1.82) is 0 Å². The van der Waals surface area contributed by atoms with Gasteiger partial charge in [0.2, 0.25) is 0 Å². The van der Waals surface area contributed by atoms with E-state index in [-0.39, 0.29) is 0 Å². The average molecular weight is 332 g/mol. The SMILES string of the molecule is CCc1ccccc1C(CC)(O[PH](=O)O)c1ccc(C)c(C)c1. The van der Waals surface area contributed by atoms with Crippen molar-refractivity contribution in [3.8, 4) is 0 Å². The van der Waals surface area contributed by atoms with Crippen LogP contribution in [0.2, 0.25) is 0 Å². The Labute approximate surface area is 139 Å². The fraction of sp³-hybridized carbons (Fsp3) is 0.368. The number of benzene rings is 2. The van der Waals surface area contributed by atoms with Gasteiger partial charge in [0.1, 0.15) is 5.60 Å². The molecule has 2 atom stereocenters. The molecule has 4 heteroatoms. The van der Waals surface area contributed by atoms with Crippen molar-refractivity contribution in [2.45, 2.75) is 46.1 Å². The molecule has 0 radical (unpaired) electrons. The molecule has 2 aromatic carbocycles. The Morgan fingerprint density at radius 3 is 2.35 bits per heavy atom. The van der Waals surface area contributed by atoms with Crippen molar-refractivity contribution in [2.75, 3.05) is 0 Å². The highest BCUT2D eigenvalue weighted by molar-refractivity contribution is 7.32. The summed E-state index contributed by atoms with van der Waals surface area (Å²) in [6.45, 7) is 8.18. The topological polar surface area (TPSA) is 46.5 Å². The molecule has 0 aliphatic rings. The zero-order valence-electron chi connectivity index (χ0n) is 14.2. The van der Waals surface area contributed by atoms with E-state index in [1.807, 2.05) is 44.2 Å². The van der Waals surface area contributed by atoms with Gasteiger partial charge in [-0.1, -0.05) is 56.3 Å². The predicted molar refractivity (Wildman–Crippen MR) is 95.1 cm³/mol. The van der Waals surface area contributed by atoms with E-state index in [9.17, 15) is 9.46 Å². The maximum absolute atomic E-state index is 11.6. The molecule has 2 unspecified atom stereocenters. The summed E-state index contributed by atoms with van der Waals surface area (Å²) in [6, 6.07) is 14.1.